The van der Waals surface area contributed by atoms with E-state index < -0.39 is 0 Å². The van der Waals surface area contributed by atoms with Gasteiger partial charge in [-0.15, -0.1) is 4.85 Å². The van der Waals surface area contributed by atoms with Gasteiger partial charge in [0.2, 0.25) is 5.52 Å². The first-order valence-electron chi connectivity index (χ1n) is 6.59. The quantitative estimate of drug-likeness (QED) is 0.257. The van der Waals surface area contributed by atoms with E-state index in [4.69, 9.17) is 0 Å². The van der Waals surface area contributed by atoms with Crippen molar-refractivity contribution in [2.45, 2.75) is 0 Å². The first-order valence-corrected chi connectivity index (χ1v) is 6.59. The number of rotatable bonds is 0. The predicted octanol–water partition coefficient (Wildman–Crippen LogP) is 0.256. The van der Waals surface area contributed by atoms with Crippen molar-refractivity contribution >= 4 is 28.0 Å². The van der Waals surface area contributed by atoms with Gasteiger partial charge in [0.25, 0.3) is 0 Å². The molecule has 0 radical (unpaired) electrons. The molecular weight excluding hydrogens is 268 g/mol. The molecule has 0 aliphatic carbocycles. The minimum Gasteiger partial charge on any atom is -0.721 e. The van der Waals surface area contributed by atoms with Gasteiger partial charge in [-0.25, -0.2) is 0 Å². The van der Waals surface area contributed by atoms with Gasteiger partial charge in [0.15, 0.2) is 0 Å². The van der Waals surface area contributed by atoms with Gasteiger partial charge < -0.3 is 5.21 Å². The van der Waals surface area contributed by atoms with Crippen LogP contribution in [-0.4, -0.2) is 58.5 Å². The molecule has 2 aromatic heterocycles. The smallest absolute Gasteiger partial charge is 0.381 e. The Hall–Kier alpha value is -2.70. The molecule has 3 aromatic rings. The van der Waals surface area contributed by atoms with Crippen molar-refractivity contribution < 1.29 is 9.42 Å². The number of hydrogen-bond acceptors (Lipinski definition) is 3. The number of nitrogens with zero attached hydrogens (tertiary/aromatic N) is 6. The molecule has 0 aliphatic heterocycles. The average molecular weight is 285 g/mol. The van der Waals surface area contributed by atoms with Gasteiger partial charge in [-0.3, -0.25) is 9.48 Å². The maximum atomic E-state index is 12.1. The molecule has 0 aliphatic rings. The summed E-state index contributed by atoms with van der Waals surface area (Å²) in [5.41, 5.74) is 1.78. The molecule has 21 heavy (non-hydrogen) atoms. The molecular formula is C14H17N6O+. The van der Waals surface area contributed by atoms with Crippen molar-refractivity contribution in [1.82, 2.24) is 19.8 Å². The first kappa shape index (κ1) is 13.3. The van der Waals surface area contributed by atoms with Gasteiger partial charge in [0.1, 0.15) is 5.52 Å². The van der Waals surface area contributed by atoms with Crippen molar-refractivity contribution in [3.63, 3.8) is 0 Å². The van der Waals surface area contributed by atoms with Crippen molar-refractivity contribution in [1.29, 1.82) is 0 Å². The van der Waals surface area contributed by atoms with Crippen LogP contribution in [0.15, 0.2) is 30.3 Å². The Balaban J connectivity index is 2.39. The number of para-hydroxylation sites is 1. The van der Waals surface area contributed by atoms with Gasteiger partial charge in [-0.1, -0.05) is 27.9 Å². The Morgan fingerprint density at radius 1 is 1.29 bits per heavy atom. The summed E-state index contributed by atoms with van der Waals surface area (Å²) >= 11 is 0. The summed E-state index contributed by atoms with van der Waals surface area (Å²) in [6.45, 7) is 0. The molecule has 7 nitrogen and oxygen atoms in total. The second-order valence-corrected chi connectivity index (χ2v) is 5.29. The Kier molecular flexibility index (Phi) is 2.97. The average Bonchev–Trinajstić information content (AvgIpc) is 2.73. The molecule has 0 atom stereocenters. The number of benzene rings is 1. The Morgan fingerprint density at radius 3 is 2.67 bits per heavy atom. The van der Waals surface area contributed by atoms with Crippen LogP contribution in [-0.2, 0) is 0 Å². The second-order valence-electron chi connectivity index (χ2n) is 5.29. The maximum Gasteiger partial charge on any atom is 0.381 e. The van der Waals surface area contributed by atoms with E-state index in [1.54, 1.807) is 4.68 Å². The fraction of sp³-hybridized carbons (Fsp3) is 0.286. The molecule has 0 bridgehead atoms. The van der Waals surface area contributed by atoms with Crippen LogP contribution in [0.5, 0.6) is 0 Å². The molecule has 7 heteroatoms. The van der Waals surface area contributed by atoms with Crippen LogP contribution in [0, 0.1) is 5.21 Å². The molecule has 1 aromatic carbocycles. The molecule has 108 valence electrons. The number of pyridine rings is 1. The normalized spacial score (nSPS) is 11.0. The minimum atomic E-state index is 0.315. The highest BCUT2D eigenvalue weighted by Crippen LogP contribution is 2.17. The molecule has 0 spiro atoms. The molecule has 3 rings (SSSR count). The van der Waals surface area contributed by atoms with Gasteiger partial charge in [-0.2, -0.15) is 0 Å². The third kappa shape index (κ3) is 2.06. The summed E-state index contributed by atoms with van der Waals surface area (Å²) in [5, 5.41) is 17.1. The molecule has 0 amide bonds. The summed E-state index contributed by atoms with van der Waals surface area (Å²) in [4.78, 5) is 6.88. The van der Waals surface area contributed by atoms with E-state index in [0.717, 1.165) is 16.9 Å². The zero-order valence-corrected chi connectivity index (χ0v) is 12.5. The van der Waals surface area contributed by atoms with Crippen molar-refractivity contribution in [3.8, 4) is 0 Å². The van der Waals surface area contributed by atoms with E-state index in [1.165, 1.54) is 0 Å². The number of fused-ring (bicyclic) bond motifs is 2. The highest BCUT2D eigenvalue weighted by molar-refractivity contribution is 5.92. The third-order valence-corrected chi connectivity index (χ3v) is 3.25. The Labute approximate surface area is 121 Å². The van der Waals surface area contributed by atoms with Crippen molar-refractivity contribution in [2.24, 2.45) is 0 Å². The summed E-state index contributed by atoms with van der Waals surface area (Å²) in [7, 11) is 7.64. The van der Waals surface area contributed by atoms with E-state index in [0.29, 0.717) is 16.0 Å². The lowest BCUT2D eigenvalue weighted by molar-refractivity contribution is -0.647. The standard InChI is InChI=1S/C14H17N6O/c1-17(2)14(18(3)4)19-12-9-10-7-5-6-8-11(10)15-13(12)20(21)16-19/h5-9H,1-4H3/q+1. The monoisotopic (exact) mass is 285 g/mol. The lowest BCUT2D eigenvalue weighted by Crippen LogP contribution is -2.39. The third-order valence-electron chi connectivity index (χ3n) is 3.25. The lowest BCUT2D eigenvalue weighted by Gasteiger charge is -2.09. The van der Waals surface area contributed by atoms with Crippen LogP contribution in [0.3, 0.4) is 0 Å². The molecule has 0 saturated heterocycles. The largest absolute Gasteiger partial charge is 0.721 e. The van der Waals surface area contributed by atoms with Crippen LogP contribution >= 0.6 is 0 Å². The van der Waals surface area contributed by atoms with Crippen molar-refractivity contribution in [2.75, 3.05) is 28.2 Å². The summed E-state index contributed by atoms with van der Waals surface area (Å²) in [6, 6.07) is 9.64. The fourth-order valence-corrected chi connectivity index (χ4v) is 2.49. The molecule has 0 unspecified atom stereocenters. The minimum absolute atomic E-state index is 0.315. The Morgan fingerprint density at radius 2 is 2.00 bits per heavy atom. The highest BCUT2D eigenvalue weighted by Gasteiger charge is 2.25. The van der Waals surface area contributed by atoms with Crippen LogP contribution in [0.4, 0.5) is 0 Å². The fourth-order valence-electron chi connectivity index (χ4n) is 2.49. The van der Waals surface area contributed by atoms with Crippen LogP contribution in [0.1, 0.15) is 0 Å². The van der Waals surface area contributed by atoms with Gasteiger partial charge in [0.05, 0.1) is 28.2 Å². The van der Waals surface area contributed by atoms with Gasteiger partial charge in [-0.05, 0) is 12.1 Å². The predicted molar refractivity (Wildman–Crippen MR) is 80.2 cm³/mol. The van der Waals surface area contributed by atoms with Gasteiger partial charge >= 0.3 is 11.6 Å². The molecule has 2 heterocycles. The van der Waals surface area contributed by atoms with Crippen molar-refractivity contribution in [3.05, 3.63) is 35.5 Å². The zero-order valence-electron chi connectivity index (χ0n) is 12.5. The molecule has 0 fully saturated rings. The van der Waals surface area contributed by atoms with E-state index >= 15 is 0 Å². The van der Waals surface area contributed by atoms with Crippen LogP contribution < -0.4 is 4.85 Å². The second kappa shape index (κ2) is 4.69. The number of aromatic nitrogens is 4. The SMILES string of the molecule is CN(C)C(n1n[n+]([O-])c2nc3ccccc3cc21)=[N+](C)C. The van der Waals surface area contributed by atoms with E-state index in [9.17, 15) is 5.21 Å². The zero-order chi connectivity index (χ0) is 15.1. The highest BCUT2D eigenvalue weighted by atomic mass is 16.5. The number of hydrogen-bond donors (Lipinski definition) is 0. The molecule has 0 saturated carbocycles. The first-order chi connectivity index (χ1) is 9.99. The molecule has 0 N–H and O–H groups in total. The summed E-state index contributed by atoms with van der Waals surface area (Å²) < 4.78 is 3.52. The summed E-state index contributed by atoms with van der Waals surface area (Å²) in [6.07, 6.45) is 0. The van der Waals surface area contributed by atoms with Gasteiger partial charge in [0, 0.05) is 10.6 Å². The lowest BCUT2D eigenvalue weighted by atomic mass is 10.2. The van der Waals surface area contributed by atoms with Crippen LogP contribution in [0.25, 0.3) is 22.1 Å². The summed E-state index contributed by atoms with van der Waals surface area (Å²) in [5.74, 6) is 0.784. The van der Waals surface area contributed by atoms with Crippen LogP contribution in [0.2, 0.25) is 0 Å². The van der Waals surface area contributed by atoms with E-state index in [2.05, 4.69) is 10.2 Å². The van der Waals surface area contributed by atoms with E-state index in [-0.39, 0.29) is 0 Å². The van der Waals surface area contributed by atoms with E-state index in [1.807, 2.05) is 68.0 Å². The maximum absolute atomic E-state index is 12.1. The topological polar surface area (TPSA) is 63.9 Å². The Bertz CT molecular complexity index is 860.